The highest BCUT2D eigenvalue weighted by atomic mass is 15.3. The average molecular weight is 284 g/mol. The van der Waals surface area contributed by atoms with Crippen LogP contribution in [-0.2, 0) is 6.54 Å². The van der Waals surface area contributed by atoms with E-state index in [4.69, 9.17) is 0 Å². The molecule has 1 aromatic heterocycles. The number of rotatable bonds is 4. The molecule has 2 unspecified atom stereocenters. The van der Waals surface area contributed by atoms with Crippen LogP contribution in [0.2, 0.25) is 0 Å². The number of hydrogen-bond donors (Lipinski definition) is 1. The number of benzene rings is 1. The van der Waals surface area contributed by atoms with Gasteiger partial charge in [-0.1, -0.05) is 18.2 Å². The zero-order valence-corrected chi connectivity index (χ0v) is 12.9. The SMILES string of the molecule is CC1CC(NCc2ccccc2-n2cccn2)CCN1C. The van der Waals surface area contributed by atoms with Gasteiger partial charge in [0.15, 0.2) is 0 Å². The smallest absolute Gasteiger partial charge is 0.0690 e. The first kappa shape index (κ1) is 14.3. The van der Waals surface area contributed by atoms with Crippen LogP contribution in [0.4, 0.5) is 0 Å². The van der Waals surface area contributed by atoms with E-state index in [9.17, 15) is 0 Å². The molecule has 4 heteroatoms. The van der Waals surface area contributed by atoms with E-state index in [1.54, 1.807) is 0 Å². The third-order valence-corrected chi connectivity index (χ3v) is 4.53. The van der Waals surface area contributed by atoms with Crippen molar-refractivity contribution in [3.63, 3.8) is 0 Å². The number of nitrogens with zero attached hydrogens (tertiary/aromatic N) is 3. The molecule has 1 aromatic carbocycles. The lowest BCUT2D eigenvalue weighted by molar-refractivity contribution is 0.168. The topological polar surface area (TPSA) is 33.1 Å². The summed E-state index contributed by atoms with van der Waals surface area (Å²) in [6.45, 7) is 4.39. The fourth-order valence-corrected chi connectivity index (χ4v) is 3.02. The summed E-state index contributed by atoms with van der Waals surface area (Å²) in [6, 6.07) is 11.7. The standard InChI is InChI=1S/C17H24N4/c1-14-12-16(8-11-20(14)2)18-13-15-6-3-4-7-17(15)21-10-5-9-19-21/h3-7,9-10,14,16,18H,8,11-13H2,1-2H3. The van der Waals surface area contributed by atoms with Crippen molar-refractivity contribution in [2.75, 3.05) is 13.6 Å². The van der Waals surface area contributed by atoms with Gasteiger partial charge in [-0.25, -0.2) is 4.68 Å². The van der Waals surface area contributed by atoms with Crippen LogP contribution in [0.15, 0.2) is 42.7 Å². The number of likely N-dealkylation sites (tertiary alicyclic amines) is 1. The van der Waals surface area contributed by atoms with Gasteiger partial charge in [-0.05, 0) is 51.1 Å². The molecule has 2 aromatic rings. The summed E-state index contributed by atoms with van der Waals surface area (Å²) >= 11 is 0. The molecule has 0 bridgehead atoms. The second-order valence-electron chi connectivity index (χ2n) is 6.01. The van der Waals surface area contributed by atoms with Crippen LogP contribution in [0.3, 0.4) is 0 Å². The second-order valence-corrected chi connectivity index (χ2v) is 6.01. The molecule has 0 radical (unpaired) electrons. The van der Waals surface area contributed by atoms with Crippen molar-refractivity contribution >= 4 is 0 Å². The summed E-state index contributed by atoms with van der Waals surface area (Å²) in [4.78, 5) is 2.44. The maximum absolute atomic E-state index is 4.35. The zero-order valence-electron chi connectivity index (χ0n) is 12.9. The van der Waals surface area contributed by atoms with E-state index in [0.717, 1.165) is 12.2 Å². The van der Waals surface area contributed by atoms with Crippen LogP contribution in [0.25, 0.3) is 5.69 Å². The minimum absolute atomic E-state index is 0.613. The molecule has 0 spiro atoms. The largest absolute Gasteiger partial charge is 0.310 e. The van der Waals surface area contributed by atoms with Crippen molar-refractivity contribution in [3.8, 4) is 5.69 Å². The van der Waals surface area contributed by atoms with Gasteiger partial charge >= 0.3 is 0 Å². The molecule has 1 N–H and O–H groups in total. The summed E-state index contributed by atoms with van der Waals surface area (Å²) < 4.78 is 1.94. The van der Waals surface area contributed by atoms with Crippen molar-refractivity contribution in [1.82, 2.24) is 20.0 Å². The van der Waals surface area contributed by atoms with E-state index in [1.807, 2.05) is 23.1 Å². The molecule has 2 heterocycles. The van der Waals surface area contributed by atoms with E-state index < -0.39 is 0 Å². The van der Waals surface area contributed by atoms with Crippen molar-refractivity contribution in [1.29, 1.82) is 0 Å². The fraction of sp³-hybridized carbons (Fsp3) is 0.471. The molecule has 1 aliphatic heterocycles. The van der Waals surface area contributed by atoms with Gasteiger partial charge in [-0.3, -0.25) is 0 Å². The summed E-state index contributed by atoms with van der Waals surface area (Å²) in [5, 5.41) is 8.07. The Bertz CT molecular complexity index is 564. The minimum Gasteiger partial charge on any atom is -0.310 e. The molecule has 1 fully saturated rings. The molecule has 0 amide bonds. The van der Waals surface area contributed by atoms with E-state index in [-0.39, 0.29) is 0 Å². The highest BCUT2D eigenvalue weighted by Gasteiger charge is 2.22. The van der Waals surface area contributed by atoms with Crippen LogP contribution < -0.4 is 5.32 Å². The molecule has 1 saturated heterocycles. The summed E-state index contributed by atoms with van der Waals surface area (Å²) in [6.07, 6.45) is 6.27. The molecule has 2 atom stereocenters. The molecule has 1 aliphatic rings. The van der Waals surface area contributed by atoms with Gasteiger partial charge in [0, 0.05) is 31.0 Å². The molecule has 0 saturated carbocycles. The van der Waals surface area contributed by atoms with Gasteiger partial charge in [0.2, 0.25) is 0 Å². The molecular weight excluding hydrogens is 260 g/mol. The molecule has 3 rings (SSSR count). The second kappa shape index (κ2) is 6.41. The van der Waals surface area contributed by atoms with Crippen LogP contribution in [0.1, 0.15) is 25.3 Å². The van der Waals surface area contributed by atoms with Gasteiger partial charge in [-0.2, -0.15) is 5.10 Å². The highest BCUT2D eigenvalue weighted by molar-refractivity contribution is 5.40. The fourth-order valence-electron chi connectivity index (χ4n) is 3.02. The van der Waals surface area contributed by atoms with Crippen LogP contribution in [0.5, 0.6) is 0 Å². The third kappa shape index (κ3) is 3.34. The van der Waals surface area contributed by atoms with E-state index in [2.05, 4.69) is 53.6 Å². The number of hydrogen-bond acceptors (Lipinski definition) is 3. The van der Waals surface area contributed by atoms with Crippen molar-refractivity contribution in [3.05, 3.63) is 48.3 Å². The van der Waals surface area contributed by atoms with Crippen LogP contribution in [-0.4, -0.2) is 40.4 Å². The predicted octanol–water partition coefficient (Wildman–Crippen LogP) is 2.44. The maximum Gasteiger partial charge on any atom is 0.0690 e. The predicted molar refractivity (Wildman–Crippen MR) is 85.5 cm³/mol. The normalized spacial score (nSPS) is 23.3. The molecule has 4 nitrogen and oxygen atoms in total. The lowest BCUT2D eigenvalue weighted by Gasteiger charge is -2.35. The molecule has 0 aliphatic carbocycles. The zero-order chi connectivity index (χ0) is 14.7. The Balaban J connectivity index is 1.66. The highest BCUT2D eigenvalue weighted by Crippen LogP contribution is 2.17. The maximum atomic E-state index is 4.35. The van der Waals surface area contributed by atoms with Crippen LogP contribution in [0, 0.1) is 0 Å². The Morgan fingerprint density at radius 3 is 2.90 bits per heavy atom. The quantitative estimate of drug-likeness (QED) is 0.936. The van der Waals surface area contributed by atoms with E-state index in [1.165, 1.54) is 24.9 Å². The Morgan fingerprint density at radius 1 is 1.29 bits per heavy atom. The minimum atomic E-state index is 0.613. The first-order valence-electron chi connectivity index (χ1n) is 7.75. The number of nitrogens with one attached hydrogen (secondary N) is 1. The van der Waals surface area contributed by atoms with Gasteiger partial charge in [-0.15, -0.1) is 0 Å². The summed E-state index contributed by atoms with van der Waals surface area (Å²) in [5.74, 6) is 0. The molecule has 112 valence electrons. The van der Waals surface area contributed by atoms with Gasteiger partial charge in [0.05, 0.1) is 5.69 Å². The number of piperidine rings is 1. The Morgan fingerprint density at radius 2 is 2.14 bits per heavy atom. The Labute approximate surface area is 126 Å². The van der Waals surface area contributed by atoms with Crippen molar-refractivity contribution < 1.29 is 0 Å². The molecule has 21 heavy (non-hydrogen) atoms. The first-order chi connectivity index (χ1) is 10.2. The third-order valence-electron chi connectivity index (χ3n) is 4.53. The van der Waals surface area contributed by atoms with E-state index >= 15 is 0 Å². The lowest BCUT2D eigenvalue weighted by atomic mass is 9.98. The first-order valence-corrected chi connectivity index (χ1v) is 7.75. The van der Waals surface area contributed by atoms with Crippen molar-refractivity contribution in [2.24, 2.45) is 0 Å². The number of aromatic nitrogens is 2. The Hall–Kier alpha value is -1.65. The van der Waals surface area contributed by atoms with E-state index in [0.29, 0.717) is 12.1 Å². The van der Waals surface area contributed by atoms with Gasteiger partial charge < -0.3 is 10.2 Å². The van der Waals surface area contributed by atoms with Crippen LogP contribution >= 0.6 is 0 Å². The number of para-hydroxylation sites is 1. The van der Waals surface area contributed by atoms with Gasteiger partial charge in [0.25, 0.3) is 0 Å². The molecular formula is C17H24N4. The monoisotopic (exact) mass is 284 g/mol. The summed E-state index contributed by atoms with van der Waals surface area (Å²) in [5.41, 5.74) is 2.46. The average Bonchev–Trinajstić information content (AvgIpc) is 3.03. The lowest BCUT2D eigenvalue weighted by Crippen LogP contribution is -2.45. The van der Waals surface area contributed by atoms with Gasteiger partial charge in [0.1, 0.15) is 0 Å². The Kier molecular flexibility index (Phi) is 4.36. The summed E-state index contributed by atoms with van der Waals surface area (Å²) in [7, 11) is 2.22. The van der Waals surface area contributed by atoms with Crippen molar-refractivity contribution in [2.45, 2.75) is 38.4 Å².